The van der Waals surface area contributed by atoms with E-state index >= 15 is 0 Å². The van der Waals surface area contributed by atoms with Crippen LogP contribution >= 0.6 is 11.6 Å². The van der Waals surface area contributed by atoms with E-state index in [0.29, 0.717) is 17.8 Å². The monoisotopic (exact) mass is 299 g/mol. The van der Waals surface area contributed by atoms with Gasteiger partial charge in [0.2, 0.25) is 0 Å². The van der Waals surface area contributed by atoms with Gasteiger partial charge in [-0.1, -0.05) is 46.2 Å². The standard InChI is InChI=1S/C16H30ClN3/c1-7-14-16(17)15(20(6)19-14)8-12(4)13(5)10-18-9-11(2)3/h11-13,18H,7-10H2,1-6H3. The van der Waals surface area contributed by atoms with Crippen LogP contribution in [-0.2, 0) is 19.9 Å². The highest BCUT2D eigenvalue weighted by molar-refractivity contribution is 6.31. The summed E-state index contributed by atoms with van der Waals surface area (Å²) in [6.07, 6.45) is 1.89. The fourth-order valence-corrected chi connectivity index (χ4v) is 2.72. The van der Waals surface area contributed by atoms with E-state index in [-0.39, 0.29) is 0 Å². The molecule has 1 aromatic rings. The van der Waals surface area contributed by atoms with E-state index in [1.807, 2.05) is 11.7 Å². The van der Waals surface area contributed by atoms with Gasteiger partial charge in [-0.05, 0) is 43.7 Å². The zero-order valence-corrected chi connectivity index (χ0v) is 14.6. The molecule has 0 bridgehead atoms. The summed E-state index contributed by atoms with van der Waals surface area (Å²) < 4.78 is 1.95. The van der Waals surface area contributed by atoms with Crippen molar-refractivity contribution in [1.29, 1.82) is 0 Å². The third-order valence-electron chi connectivity index (χ3n) is 4.01. The molecule has 4 heteroatoms. The lowest BCUT2D eigenvalue weighted by atomic mass is 9.91. The molecular formula is C16H30ClN3. The number of hydrogen-bond acceptors (Lipinski definition) is 2. The van der Waals surface area contributed by atoms with Gasteiger partial charge in [0.05, 0.1) is 16.4 Å². The molecule has 0 spiro atoms. The predicted molar refractivity (Wildman–Crippen MR) is 87.3 cm³/mol. The maximum atomic E-state index is 6.43. The third kappa shape index (κ3) is 4.78. The molecule has 0 aliphatic carbocycles. The molecular weight excluding hydrogens is 270 g/mol. The molecule has 0 aromatic carbocycles. The summed E-state index contributed by atoms with van der Waals surface area (Å²) in [5.41, 5.74) is 2.19. The van der Waals surface area contributed by atoms with Gasteiger partial charge >= 0.3 is 0 Å². The summed E-state index contributed by atoms with van der Waals surface area (Å²) in [5.74, 6) is 1.92. The zero-order valence-electron chi connectivity index (χ0n) is 13.8. The summed E-state index contributed by atoms with van der Waals surface area (Å²) in [6, 6.07) is 0. The molecule has 0 fully saturated rings. The normalized spacial score (nSPS) is 14.8. The van der Waals surface area contributed by atoms with Gasteiger partial charge in [-0.3, -0.25) is 4.68 Å². The van der Waals surface area contributed by atoms with Crippen LogP contribution in [0, 0.1) is 17.8 Å². The lowest BCUT2D eigenvalue weighted by Crippen LogP contribution is -2.29. The van der Waals surface area contributed by atoms with Gasteiger partial charge in [-0.25, -0.2) is 0 Å². The highest BCUT2D eigenvalue weighted by Gasteiger charge is 2.19. The third-order valence-corrected chi connectivity index (χ3v) is 4.44. The number of rotatable bonds is 8. The van der Waals surface area contributed by atoms with E-state index in [4.69, 9.17) is 11.6 Å². The number of aryl methyl sites for hydroxylation is 2. The van der Waals surface area contributed by atoms with Crippen molar-refractivity contribution >= 4 is 11.6 Å². The smallest absolute Gasteiger partial charge is 0.0849 e. The Labute approximate surface area is 129 Å². The predicted octanol–water partition coefficient (Wildman–Crippen LogP) is 3.70. The Morgan fingerprint density at radius 1 is 1.15 bits per heavy atom. The molecule has 0 saturated carbocycles. The second-order valence-corrected chi connectivity index (χ2v) is 6.77. The first-order chi connectivity index (χ1) is 9.36. The lowest BCUT2D eigenvalue weighted by Gasteiger charge is -2.21. The first-order valence-electron chi connectivity index (χ1n) is 7.77. The zero-order chi connectivity index (χ0) is 15.3. The van der Waals surface area contributed by atoms with Gasteiger partial charge in [0, 0.05) is 7.05 Å². The molecule has 2 atom stereocenters. The maximum absolute atomic E-state index is 6.43. The Morgan fingerprint density at radius 3 is 2.30 bits per heavy atom. The topological polar surface area (TPSA) is 29.9 Å². The molecule has 1 N–H and O–H groups in total. The van der Waals surface area contributed by atoms with Crippen molar-refractivity contribution in [1.82, 2.24) is 15.1 Å². The van der Waals surface area contributed by atoms with E-state index < -0.39 is 0 Å². The van der Waals surface area contributed by atoms with Crippen LogP contribution in [0.5, 0.6) is 0 Å². The van der Waals surface area contributed by atoms with Crippen LogP contribution in [0.2, 0.25) is 5.02 Å². The highest BCUT2D eigenvalue weighted by Crippen LogP contribution is 2.25. The molecule has 0 aliphatic rings. The summed E-state index contributed by atoms with van der Waals surface area (Å²) >= 11 is 6.43. The SMILES string of the molecule is CCc1nn(C)c(CC(C)C(C)CNCC(C)C)c1Cl. The summed E-state index contributed by atoms with van der Waals surface area (Å²) in [7, 11) is 1.99. The van der Waals surface area contributed by atoms with Crippen LogP contribution < -0.4 is 5.32 Å². The Kier molecular flexibility index (Phi) is 7.04. The molecule has 2 unspecified atom stereocenters. The van der Waals surface area contributed by atoms with Crippen molar-refractivity contribution in [2.45, 2.75) is 47.5 Å². The number of hydrogen-bond donors (Lipinski definition) is 1. The molecule has 0 amide bonds. The number of aromatic nitrogens is 2. The Bertz CT molecular complexity index is 412. The second kappa shape index (κ2) is 8.04. The van der Waals surface area contributed by atoms with Crippen molar-refractivity contribution < 1.29 is 0 Å². The van der Waals surface area contributed by atoms with Crippen LogP contribution in [0.4, 0.5) is 0 Å². The van der Waals surface area contributed by atoms with E-state index in [2.05, 4.69) is 45.0 Å². The molecule has 0 saturated heterocycles. The number of nitrogens with zero attached hydrogens (tertiary/aromatic N) is 2. The van der Waals surface area contributed by atoms with Crippen molar-refractivity contribution in [3.05, 3.63) is 16.4 Å². The van der Waals surface area contributed by atoms with Crippen LogP contribution in [0.1, 0.15) is 46.0 Å². The van der Waals surface area contributed by atoms with Crippen LogP contribution in [0.25, 0.3) is 0 Å². The van der Waals surface area contributed by atoms with Crippen molar-refractivity contribution in [2.75, 3.05) is 13.1 Å². The highest BCUT2D eigenvalue weighted by atomic mass is 35.5. The second-order valence-electron chi connectivity index (χ2n) is 6.40. The van der Waals surface area contributed by atoms with Gasteiger partial charge < -0.3 is 5.32 Å². The van der Waals surface area contributed by atoms with Gasteiger partial charge in [0.15, 0.2) is 0 Å². The fourth-order valence-electron chi connectivity index (χ4n) is 2.35. The number of nitrogens with one attached hydrogen (secondary N) is 1. The molecule has 1 aromatic heterocycles. The van der Waals surface area contributed by atoms with Crippen LogP contribution in [0.3, 0.4) is 0 Å². The van der Waals surface area contributed by atoms with E-state index in [9.17, 15) is 0 Å². The minimum atomic E-state index is 0.590. The van der Waals surface area contributed by atoms with Crippen molar-refractivity contribution in [2.24, 2.45) is 24.8 Å². The first kappa shape index (κ1) is 17.5. The summed E-state index contributed by atoms with van der Waals surface area (Å²) in [5, 5.41) is 8.90. The molecule has 0 aliphatic heterocycles. The fraction of sp³-hybridized carbons (Fsp3) is 0.812. The first-order valence-corrected chi connectivity index (χ1v) is 8.15. The van der Waals surface area contributed by atoms with Gasteiger partial charge in [0.25, 0.3) is 0 Å². The molecule has 116 valence electrons. The molecule has 3 nitrogen and oxygen atoms in total. The molecule has 1 heterocycles. The van der Waals surface area contributed by atoms with Crippen molar-refractivity contribution in [3.8, 4) is 0 Å². The Hall–Kier alpha value is -0.540. The molecule has 0 radical (unpaired) electrons. The maximum Gasteiger partial charge on any atom is 0.0849 e. The van der Waals surface area contributed by atoms with Gasteiger partial charge in [0.1, 0.15) is 0 Å². The Balaban J connectivity index is 2.57. The molecule has 1 rings (SSSR count). The molecule has 20 heavy (non-hydrogen) atoms. The van der Waals surface area contributed by atoms with E-state index in [1.165, 1.54) is 5.69 Å². The quantitative estimate of drug-likeness (QED) is 0.793. The number of halogens is 1. The minimum Gasteiger partial charge on any atom is -0.316 e. The Morgan fingerprint density at radius 2 is 1.80 bits per heavy atom. The average Bonchev–Trinajstić information content (AvgIpc) is 2.65. The lowest BCUT2D eigenvalue weighted by molar-refractivity contribution is 0.352. The van der Waals surface area contributed by atoms with E-state index in [1.54, 1.807) is 0 Å². The van der Waals surface area contributed by atoms with Gasteiger partial charge in [-0.2, -0.15) is 5.10 Å². The summed E-state index contributed by atoms with van der Waals surface area (Å²) in [4.78, 5) is 0. The largest absolute Gasteiger partial charge is 0.316 e. The average molecular weight is 300 g/mol. The minimum absolute atomic E-state index is 0.590. The van der Waals surface area contributed by atoms with E-state index in [0.717, 1.165) is 36.6 Å². The van der Waals surface area contributed by atoms with Crippen LogP contribution in [0.15, 0.2) is 0 Å². The van der Waals surface area contributed by atoms with Crippen molar-refractivity contribution in [3.63, 3.8) is 0 Å². The summed E-state index contributed by atoms with van der Waals surface area (Å²) in [6.45, 7) is 13.3. The van der Waals surface area contributed by atoms with Gasteiger partial charge in [-0.15, -0.1) is 0 Å². The van der Waals surface area contributed by atoms with Crippen LogP contribution in [-0.4, -0.2) is 22.9 Å².